The third-order valence-corrected chi connectivity index (χ3v) is 4.70. The molecule has 0 aliphatic heterocycles. The zero-order valence-electron chi connectivity index (χ0n) is 11.1. The molecule has 0 radical (unpaired) electrons. The Kier molecular flexibility index (Phi) is 5.57. The second kappa shape index (κ2) is 5.79. The zero-order chi connectivity index (χ0) is 13.9. The summed E-state index contributed by atoms with van der Waals surface area (Å²) >= 11 is 0. The van der Waals surface area contributed by atoms with Crippen LogP contribution in [0.3, 0.4) is 0 Å². The van der Waals surface area contributed by atoms with Crippen molar-refractivity contribution < 1.29 is 17.9 Å². The van der Waals surface area contributed by atoms with Crippen molar-refractivity contribution in [2.24, 2.45) is 11.1 Å². The van der Waals surface area contributed by atoms with Crippen molar-refractivity contribution >= 4 is 16.0 Å². The molecule has 2 N–H and O–H groups in total. The zero-order valence-corrected chi connectivity index (χ0v) is 11.9. The third-order valence-electron chi connectivity index (χ3n) is 2.62. The van der Waals surface area contributed by atoms with Crippen LogP contribution in [0.1, 0.15) is 20.8 Å². The second-order valence-corrected chi connectivity index (χ2v) is 7.20. The maximum Gasteiger partial charge on any atom is 0.325 e. The van der Waals surface area contributed by atoms with Crippen molar-refractivity contribution in [3.63, 3.8) is 0 Å². The Morgan fingerprint density at radius 3 is 2.29 bits per heavy atom. The van der Waals surface area contributed by atoms with Gasteiger partial charge in [-0.3, -0.25) is 4.79 Å². The van der Waals surface area contributed by atoms with Gasteiger partial charge in [-0.25, -0.2) is 12.7 Å². The molecule has 0 fully saturated rings. The molecule has 0 aromatic carbocycles. The van der Waals surface area contributed by atoms with E-state index in [9.17, 15) is 13.2 Å². The Hall–Kier alpha value is -0.660. The van der Waals surface area contributed by atoms with Gasteiger partial charge in [0.1, 0.15) is 0 Å². The van der Waals surface area contributed by atoms with Crippen LogP contribution in [0, 0.1) is 5.41 Å². The highest BCUT2D eigenvalue weighted by Gasteiger charge is 2.34. The number of esters is 1. The van der Waals surface area contributed by atoms with Gasteiger partial charge in [0.25, 0.3) is 0 Å². The van der Waals surface area contributed by atoms with E-state index in [4.69, 9.17) is 5.73 Å². The lowest BCUT2D eigenvalue weighted by molar-refractivity contribution is -0.139. The lowest BCUT2D eigenvalue weighted by Gasteiger charge is -2.29. The first-order valence-corrected chi connectivity index (χ1v) is 6.82. The van der Waals surface area contributed by atoms with Gasteiger partial charge < -0.3 is 10.5 Å². The van der Waals surface area contributed by atoms with Gasteiger partial charge in [-0.1, -0.05) is 13.8 Å². The summed E-state index contributed by atoms with van der Waals surface area (Å²) in [6, 6.07) is 0. The fourth-order valence-electron chi connectivity index (χ4n) is 1.31. The molecule has 0 aromatic rings. The van der Waals surface area contributed by atoms with Crippen LogP contribution in [-0.4, -0.2) is 51.2 Å². The van der Waals surface area contributed by atoms with Crippen molar-refractivity contribution in [2.75, 3.05) is 27.2 Å². The quantitative estimate of drug-likeness (QED) is 0.672. The largest absolute Gasteiger partial charge is 0.468 e. The predicted octanol–water partition coefficient (Wildman–Crippen LogP) is -0.206. The van der Waals surface area contributed by atoms with Gasteiger partial charge in [0, 0.05) is 13.6 Å². The van der Waals surface area contributed by atoms with E-state index >= 15 is 0 Å². The first kappa shape index (κ1) is 16.3. The first-order valence-electron chi connectivity index (χ1n) is 5.31. The molecule has 1 atom stereocenters. The number of hydrogen-bond donors (Lipinski definition) is 1. The molecule has 0 aliphatic carbocycles. The van der Waals surface area contributed by atoms with Crippen molar-refractivity contribution in [1.29, 1.82) is 0 Å². The maximum absolute atomic E-state index is 12.0. The van der Waals surface area contributed by atoms with Gasteiger partial charge in [-0.05, 0) is 18.9 Å². The number of methoxy groups -OCH3 is 1. The number of nitrogens with two attached hydrogens (primary N) is 1. The highest BCUT2D eigenvalue weighted by Crippen LogP contribution is 2.18. The van der Waals surface area contributed by atoms with E-state index in [0.29, 0.717) is 6.54 Å². The van der Waals surface area contributed by atoms with E-state index in [0.717, 1.165) is 11.4 Å². The summed E-state index contributed by atoms with van der Waals surface area (Å²) in [5.74, 6) is -0.762. The number of carbonyl (C=O) groups is 1. The van der Waals surface area contributed by atoms with E-state index in [2.05, 4.69) is 4.74 Å². The van der Waals surface area contributed by atoms with Crippen LogP contribution >= 0.6 is 0 Å². The van der Waals surface area contributed by atoms with Gasteiger partial charge in [0.2, 0.25) is 10.0 Å². The molecular formula is C10H22N2O4S. The van der Waals surface area contributed by atoms with E-state index in [1.54, 1.807) is 0 Å². The Morgan fingerprint density at radius 2 is 1.94 bits per heavy atom. The molecule has 0 saturated carbocycles. The number of carbonyl (C=O) groups excluding carboxylic acids is 1. The summed E-state index contributed by atoms with van der Waals surface area (Å²) in [4.78, 5) is 11.2. The summed E-state index contributed by atoms with van der Waals surface area (Å²) in [6.07, 6.45) is 0. The highest BCUT2D eigenvalue weighted by atomic mass is 32.2. The summed E-state index contributed by atoms with van der Waals surface area (Å²) in [6.45, 7) is 5.66. The van der Waals surface area contributed by atoms with Crippen molar-refractivity contribution in [3.05, 3.63) is 0 Å². The third kappa shape index (κ3) is 4.25. The molecule has 7 heteroatoms. The van der Waals surface area contributed by atoms with Gasteiger partial charge >= 0.3 is 5.97 Å². The van der Waals surface area contributed by atoms with Gasteiger partial charge in [0.15, 0.2) is 5.25 Å². The predicted molar refractivity (Wildman–Crippen MR) is 65.9 cm³/mol. The van der Waals surface area contributed by atoms with E-state index in [1.165, 1.54) is 14.0 Å². The molecule has 0 saturated heterocycles. The first-order chi connectivity index (χ1) is 7.58. The van der Waals surface area contributed by atoms with Crippen LogP contribution in [0.15, 0.2) is 0 Å². The number of ether oxygens (including phenoxy) is 1. The SMILES string of the molecule is COC(=O)C(C)S(=O)(=O)N(C)CC(C)(C)CN. The monoisotopic (exact) mass is 266 g/mol. The van der Waals surface area contributed by atoms with Crippen LogP contribution in [0.4, 0.5) is 0 Å². The van der Waals surface area contributed by atoms with Gasteiger partial charge in [-0.15, -0.1) is 0 Å². The van der Waals surface area contributed by atoms with Crippen LogP contribution in [0.25, 0.3) is 0 Å². The molecule has 0 heterocycles. The molecule has 0 spiro atoms. The topological polar surface area (TPSA) is 89.7 Å². The number of sulfonamides is 1. The van der Waals surface area contributed by atoms with Crippen molar-refractivity contribution in [3.8, 4) is 0 Å². The normalized spacial score (nSPS) is 14.8. The molecule has 0 amide bonds. The molecule has 1 unspecified atom stereocenters. The minimum atomic E-state index is -3.69. The van der Waals surface area contributed by atoms with Crippen molar-refractivity contribution in [1.82, 2.24) is 4.31 Å². The lowest BCUT2D eigenvalue weighted by atomic mass is 9.94. The van der Waals surface area contributed by atoms with Gasteiger partial charge in [-0.2, -0.15) is 0 Å². The minimum Gasteiger partial charge on any atom is -0.468 e. The second-order valence-electron chi connectivity index (χ2n) is 4.83. The molecule has 0 rings (SSSR count). The van der Waals surface area contributed by atoms with E-state index < -0.39 is 21.2 Å². The summed E-state index contributed by atoms with van der Waals surface area (Å²) in [7, 11) is -1.09. The number of rotatable bonds is 6. The smallest absolute Gasteiger partial charge is 0.325 e. The van der Waals surface area contributed by atoms with E-state index in [1.807, 2.05) is 13.8 Å². The number of hydrogen-bond acceptors (Lipinski definition) is 5. The molecule has 0 bridgehead atoms. The molecule has 0 aromatic heterocycles. The molecule has 17 heavy (non-hydrogen) atoms. The molecule has 6 nitrogen and oxygen atoms in total. The van der Waals surface area contributed by atoms with Crippen molar-refractivity contribution in [2.45, 2.75) is 26.0 Å². The van der Waals surface area contributed by atoms with Gasteiger partial charge in [0.05, 0.1) is 7.11 Å². The number of nitrogens with zero attached hydrogens (tertiary/aromatic N) is 1. The fourth-order valence-corrected chi connectivity index (χ4v) is 2.72. The minimum absolute atomic E-state index is 0.257. The Labute approximate surface area is 103 Å². The average molecular weight is 266 g/mol. The van der Waals surface area contributed by atoms with Crippen LogP contribution in [0.5, 0.6) is 0 Å². The van der Waals surface area contributed by atoms with Crippen LogP contribution < -0.4 is 5.73 Å². The van der Waals surface area contributed by atoms with Crippen LogP contribution in [0.2, 0.25) is 0 Å². The summed E-state index contributed by atoms with van der Waals surface area (Å²) in [5.41, 5.74) is 5.21. The fraction of sp³-hybridized carbons (Fsp3) is 0.900. The standard InChI is InChI=1S/C10H22N2O4S/c1-8(9(13)16-5)17(14,15)12(4)7-10(2,3)6-11/h8H,6-7,11H2,1-5H3. The van der Waals surface area contributed by atoms with Crippen LogP contribution in [-0.2, 0) is 19.6 Å². The summed E-state index contributed by atoms with van der Waals surface area (Å²) in [5, 5.41) is -1.20. The Balaban J connectivity index is 4.90. The molecular weight excluding hydrogens is 244 g/mol. The molecule has 102 valence electrons. The average Bonchev–Trinajstić information content (AvgIpc) is 2.26. The summed E-state index contributed by atoms with van der Waals surface area (Å²) < 4.78 is 29.6. The lowest BCUT2D eigenvalue weighted by Crippen LogP contribution is -2.45. The molecule has 0 aliphatic rings. The Morgan fingerprint density at radius 1 is 1.47 bits per heavy atom. The van der Waals surface area contributed by atoms with E-state index in [-0.39, 0.29) is 12.0 Å². The highest BCUT2D eigenvalue weighted by molar-refractivity contribution is 7.90. The Bertz CT molecular complexity index is 365. The maximum atomic E-state index is 12.0.